The van der Waals surface area contributed by atoms with E-state index in [4.69, 9.17) is 14.2 Å². The third kappa shape index (κ3) is 53.2. The van der Waals surface area contributed by atoms with Crippen molar-refractivity contribution < 1.29 is 28.6 Å². The van der Waals surface area contributed by atoms with Crippen LogP contribution in [0.4, 0.5) is 0 Å². The Morgan fingerprint density at radius 1 is 0.292 bits per heavy atom. The number of esters is 3. The van der Waals surface area contributed by atoms with Crippen molar-refractivity contribution >= 4 is 17.9 Å². The van der Waals surface area contributed by atoms with Crippen molar-refractivity contribution in [1.82, 2.24) is 0 Å². The molecule has 0 saturated heterocycles. The quantitative estimate of drug-likeness (QED) is 0.0344. The fourth-order valence-corrected chi connectivity index (χ4v) is 9.05. The minimum Gasteiger partial charge on any atom is -0.462 e. The molecule has 0 aromatic carbocycles. The van der Waals surface area contributed by atoms with Crippen molar-refractivity contribution in [3.05, 3.63) is 0 Å². The zero-order valence-corrected chi connectivity index (χ0v) is 44.6. The summed E-state index contributed by atoms with van der Waals surface area (Å²) in [4.78, 5) is 38.1. The van der Waals surface area contributed by atoms with Crippen LogP contribution in [0.5, 0.6) is 0 Å². The zero-order chi connectivity index (χ0) is 47.5. The van der Waals surface area contributed by atoms with E-state index in [1.54, 1.807) is 0 Å². The van der Waals surface area contributed by atoms with E-state index in [2.05, 4.69) is 34.6 Å². The predicted octanol–water partition coefficient (Wildman–Crippen LogP) is 19.3. The summed E-state index contributed by atoms with van der Waals surface area (Å²) < 4.78 is 16.9. The van der Waals surface area contributed by atoms with Crippen LogP contribution in [-0.4, -0.2) is 37.2 Å². The van der Waals surface area contributed by atoms with E-state index in [1.807, 2.05) is 0 Å². The molecule has 386 valence electrons. The van der Waals surface area contributed by atoms with E-state index in [-0.39, 0.29) is 31.1 Å². The molecule has 0 amide bonds. The first-order valence-corrected chi connectivity index (χ1v) is 29.2. The van der Waals surface area contributed by atoms with Gasteiger partial charge in [0.2, 0.25) is 0 Å². The van der Waals surface area contributed by atoms with Gasteiger partial charge in [-0.25, -0.2) is 0 Å². The van der Waals surface area contributed by atoms with Gasteiger partial charge in [0, 0.05) is 19.3 Å². The molecule has 0 N–H and O–H groups in total. The first-order chi connectivity index (χ1) is 31.7. The second-order valence-corrected chi connectivity index (χ2v) is 21.2. The lowest BCUT2D eigenvalue weighted by atomic mass is 10.0. The van der Waals surface area contributed by atoms with Crippen LogP contribution < -0.4 is 0 Å². The van der Waals surface area contributed by atoms with Gasteiger partial charge in [-0.15, -0.1) is 0 Å². The maximum absolute atomic E-state index is 12.9. The molecule has 0 aliphatic heterocycles. The molecule has 0 radical (unpaired) electrons. The highest BCUT2D eigenvalue weighted by atomic mass is 16.6. The second kappa shape index (κ2) is 51.8. The van der Waals surface area contributed by atoms with Crippen molar-refractivity contribution in [3.8, 4) is 0 Å². The van der Waals surface area contributed by atoms with Crippen LogP contribution >= 0.6 is 0 Å². The molecule has 0 saturated carbocycles. The Bertz CT molecular complexity index is 993. The van der Waals surface area contributed by atoms with Crippen LogP contribution in [0.25, 0.3) is 0 Å². The van der Waals surface area contributed by atoms with Crippen LogP contribution in [0.3, 0.4) is 0 Å². The molecule has 0 aromatic rings. The SMILES string of the molecule is CCCCCCCCCCCCCCCCC(=O)OC[C@@H](COC(=O)CCCCCCCCCCCC(C)C)OC(=O)CCCCCCCCCCCCCCCCCCCCC(C)C. The Hall–Kier alpha value is -1.59. The van der Waals surface area contributed by atoms with Gasteiger partial charge in [-0.1, -0.05) is 291 Å². The summed E-state index contributed by atoms with van der Waals surface area (Å²) in [5.74, 6) is 0.827. The molecule has 0 aliphatic carbocycles. The minimum atomic E-state index is -0.762. The zero-order valence-electron chi connectivity index (χ0n) is 44.6. The molecule has 6 heteroatoms. The van der Waals surface area contributed by atoms with Crippen molar-refractivity contribution in [2.45, 2.75) is 336 Å². The van der Waals surface area contributed by atoms with Gasteiger partial charge in [0.1, 0.15) is 13.2 Å². The molecule has 0 fully saturated rings. The van der Waals surface area contributed by atoms with Crippen LogP contribution in [-0.2, 0) is 28.6 Å². The maximum atomic E-state index is 12.9. The van der Waals surface area contributed by atoms with Gasteiger partial charge in [0.05, 0.1) is 0 Å². The summed E-state index contributed by atoms with van der Waals surface area (Å²) in [7, 11) is 0. The molecule has 0 rings (SSSR count). The van der Waals surface area contributed by atoms with E-state index in [9.17, 15) is 14.4 Å². The monoisotopic (exact) mass is 919 g/mol. The third-order valence-electron chi connectivity index (χ3n) is 13.5. The molecule has 0 aromatic heterocycles. The smallest absolute Gasteiger partial charge is 0.306 e. The van der Waals surface area contributed by atoms with Gasteiger partial charge in [0.25, 0.3) is 0 Å². The van der Waals surface area contributed by atoms with E-state index < -0.39 is 6.10 Å². The first kappa shape index (κ1) is 63.4. The number of unbranched alkanes of at least 4 members (excludes halogenated alkanes) is 38. The normalized spacial score (nSPS) is 12.0. The largest absolute Gasteiger partial charge is 0.462 e. The van der Waals surface area contributed by atoms with E-state index in [0.29, 0.717) is 19.3 Å². The Kier molecular flexibility index (Phi) is 50.5. The Balaban J connectivity index is 4.25. The summed E-state index contributed by atoms with van der Waals surface area (Å²) in [6, 6.07) is 0. The third-order valence-corrected chi connectivity index (χ3v) is 13.5. The van der Waals surface area contributed by atoms with Gasteiger partial charge in [0.15, 0.2) is 6.10 Å². The minimum absolute atomic E-state index is 0.0628. The Morgan fingerprint density at radius 2 is 0.508 bits per heavy atom. The topological polar surface area (TPSA) is 78.9 Å². The summed E-state index contributed by atoms with van der Waals surface area (Å²) >= 11 is 0. The number of hydrogen-bond donors (Lipinski definition) is 0. The van der Waals surface area contributed by atoms with Crippen LogP contribution in [0.15, 0.2) is 0 Å². The molecule has 0 unspecified atom stereocenters. The van der Waals surface area contributed by atoms with Gasteiger partial charge in [-0.05, 0) is 31.1 Å². The maximum Gasteiger partial charge on any atom is 0.306 e. The molecule has 0 aliphatic rings. The molecule has 1 atom stereocenters. The summed E-state index contributed by atoms with van der Waals surface area (Å²) in [6.45, 7) is 11.4. The highest BCUT2D eigenvalue weighted by Crippen LogP contribution is 2.18. The van der Waals surface area contributed by atoms with Crippen molar-refractivity contribution in [2.75, 3.05) is 13.2 Å². The fraction of sp³-hybridized carbons (Fsp3) is 0.949. The average molecular weight is 920 g/mol. The second-order valence-electron chi connectivity index (χ2n) is 21.2. The predicted molar refractivity (Wildman–Crippen MR) is 280 cm³/mol. The highest BCUT2D eigenvalue weighted by Gasteiger charge is 2.19. The van der Waals surface area contributed by atoms with Crippen LogP contribution in [0.1, 0.15) is 330 Å². The van der Waals surface area contributed by atoms with Gasteiger partial charge in [-0.2, -0.15) is 0 Å². The van der Waals surface area contributed by atoms with Crippen LogP contribution in [0, 0.1) is 11.8 Å². The molecule has 0 bridgehead atoms. The molecule has 0 spiro atoms. The molecule has 6 nitrogen and oxygen atoms in total. The number of carbonyl (C=O) groups is 3. The van der Waals surface area contributed by atoms with E-state index in [0.717, 1.165) is 69.6 Å². The molecule has 65 heavy (non-hydrogen) atoms. The molecular weight excluding hydrogens is 805 g/mol. The number of carbonyl (C=O) groups excluding carboxylic acids is 3. The number of hydrogen-bond acceptors (Lipinski definition) is 6. The van der Waals surface area contributed by atoms with Crippen molar-refractivity contribution in [3.63, 3.8) is 0 Å². The lowest BCUT2D eigenvalue weighted by Crippen LogP contribution is -2.30. The van der Waals surface area contributed by atoms with E-state index in [1.165, 1.54) is 218 Å². The summed E-state index contributed by atoms with van der Waals surface area (Å²) in [5.41, 5.74) is 0. The fourth-order valence-electron chi connectivity index (χ4n) is 9.05. The standard InChI is InChI=1S/C59H114O6/c1-6-7-8-9-10-11-12-13-21-24-29-34-39-44-49-57(60)63-52-56(53-64-58(61)50-45-40-35-31-26-28-33-38-43-48-55(4)5)65-59(62)51-46-41-36-30-25-22-19-17-15-14-16-18-20-23-27-32-37-42-47-54(2)3/h54-56H,6-53H2,1-5H3/t56-/m0/s1. The lowest BCUT2D eigenvalue weighted by molar-refractivity contribution is -0.167. The average Bonchev–Trinajstić information content (AvgIpc) is 3.28. The van der Waals surface area contributed by atoms with Crippen molar-refractivity contribution in [1.29, 1.82) is 0 Å². The van der Waals surface area contributed by atoms with Gasteiger partial charge in [-0.3, -0.25) is 14.4 Å². The molecule has 0 heterocycles. The Morgan fingerprint density at radius 3 is 0.754 bits per heavy atom. The number of rotatable bonds is 53. The molecular formula is C59H114O6. The van der Waals surface area contributed by atoms with E-state index >= 15 is 0 Å². The van der Waals surface area contributed by atoms with Crippen molar-refractivity contribution in [2.24, 2.45) is 11.8 Å². The van der Waals surface area contributed by atoms with Crippen LogP contribution in [0.2, 0.25) is 0 Å². The number of ether oxygens (including phenoxy) is 3. The highest BCUT2D eigenvalue weighted by molar-refractivity contribution is 5.71. The van der Waals surface area contributed by atoms with Gasteiger partial charge >= 0.3 is 17.9 Å². The first-order valence-electron chi connectivity index (χ1n) is 29.2. The Labute approximate surface area is 406 Å². The van der Waals surface area contributed by atoms with Gasteiger partial charge < -0.3 is 14.2 Å². The summed E-state index contributed by atoms with van der Waals surface area (Å²) in [5, 5.41) is 0. The summed E-state index contributed by atoms with van der Waals surface area (Å²) in [6.07, 6.45) is 55.3. The lowest BCUT2D eigenvalue weighted by Gasteiger charge is -2.18.